The van der Waals surface area contributed by atoms with E-state index in [2.05, 4.69) is 160 Å². The van der Waals surface area contributed by atoms with Gasteiger partial charge in [0.05, 0.1) is 34.4 Å². The molecular formula is C63H100NO8+. The molecule has 404 valence electrons. The summed E-state index contributed by atoms with van der Waals surface area (Å²) in [5.41, 5.74) is 0. The highest BCUT2D eigenvalue weighted by molar-refractivity contribution is 5.71. The van der Waals surface area contributed by atoms with E-state index in [9.17, 15) is 19.5 Å². The fourth-order valence-corrected chi connectivity index (χ4v) is 6.64. The molecule has 0 fully saturated rings. The van der Waals surface area contributed by atoms with E-state index in [0.29, 0.717) is 17.4 Å². The van der Waals surface area contributed by atoms with Crippen LogP contribution < -0.4 is 0 Å². The molecule has 0 aromatic carbocycles. The SMILES string of the molecule is CC/C=C\C/C=C\C/C=C\C/C=C\C/C=C\C/C=C\C/C=C\C/C=C\C/C=C\C/C=C\C/C=C\C/C=C\CCCCC(=O)OC(COC(=O)CCCCCCCCCC)COC(OCC[N+](C)(C)C)C(=O)O. The van der Waals surface area contributed by atoms with E-state index in [0.717, 1.165) is 109 Å². The highest BCUT2D eigenvalue weighted by Gasteiger charge is 2.25. The number of esters is 2. The van der Waals surface area contributed by atoms with E-state index in [1.165, 1.54) is 32.1 Å². The molecule has 0 saturated heterocycles. The van der Waals surface area contributed by atoms with Gasteiger partial charge in [0.15, 0.2) is 6.10 Å². The van der Waals surface area contributed by atoms with Gasteiger partial charge in [0.25, 0.3) is 6.29 Å². The first kappa shape index (κ1) is 67.2. The summed E-state index contributed by atoms with van der Waals surface area (Å²) in [7, 11) is 5.93. The second kappa shape index (κ2) is 52.5. The molecular weight excluding hydrogens is 899 g/mol. The zero-order valence-corrected chi connectivity index (χ0v) is 45.8. The van der Waals surface area contributed by atoms with Crippen LogP contribution in [0.2, 0.25) is 0 Å². The summed E-state index contributed by atoms with van der Waals surface area (Å²) in [4.78, 5) is 37.1. The quantitative estimate of drug-likeness (QED) is 0.0211. The lowest BCUT2D eigenvalue weighted by molar-refractivity contribution is -0.870. The lowest BCUT2D eigenvalue weighted by Gasteiger charge is -2.25. The number of hydrogen-bond acceptors (Lipinski definition) is 7. The van der Waals surface area contributed by atoms with Crippen molar-refractivity contribution in [3.05, 3.63) is 146 Å². The van der Waals surface area contributed by atoms with Gasteiger partial charge >= 0.3 is 17.9 Å². The molecule has 0 aliphatic rings. The van der Waals surface area contributed by atoms with Crippen molar-refractivity contribution in [1.29, 1.82) is 0 Å². The summed E-state index contributed by atoms with van der Waals surface area (Å²) in [6.45, 7) is 4.63. The highest BCUT2D eigenvalue weighted by Crippen LogP contribution is 2.12. The van der Waals surface area contributed by atoms with Gasteiger partial charge in [0, 0.05) is 12.8 Å². The largest absolute Gasteiger partial charge is 0.477 e. The predicted octanol–water partition coefficient (Wildman–Crippen LogP) is 16.1. The van der Waals surface area contributed by atoms with Crippen LogP contribution in [0.3, 0.4) is 0 Å². The third-order valence-electron chi connectivity index (χ3n) is 10.9. The Hall–Kier alpha value is -4.83. The number of carboxylic acids is 1. The summed E-state index contributed by atoms with van der Waals surface area (Å²) in [5.74, 6) is -2.09. The van der Waals surface area contributed by atoms with Gasteiger partial charge in [-0.05, 0) is 103 Å². The van der Waals surface area contributed by atoms with Gasteiger partial charge in [-0.2, -0.15) is 0 Å². The van der Waals surface area contributed by atoms with Gasteiger partial charge in [0.2, 0.25) is 0 Å². The highest BCUT2D eigenvalue weighted by atomic mass is 16.7. The molecule has 0 saturated carbocycles. The van der Waals surface area contributed by atoms with Crippen LogP contribution in [0.1, 0.15) is 174 Å². The Bertz CT molecular complexity index is 1680. The molecule has 0 aromatic heterocycles. The number of allylic oxidation sites excluding steroid dienone is 24. The number of likely N-dealkylation sites (N-methyl/N-ethyl adjacent to an activating group) is 1. The Morgan fingerprint density at radius 2 is 0.792 bits per heavy atom. The maximum Gasteiger partial charge on any atom is 0.361 e. The van der Waals surface area contributed by atoms with Crippen molar-refractivity contribution in [3.63, 3.8) is 0 Å². The number of carbonyl (C=O) groups is 3. The number of nitrogens with zero attached hydrogens (tertiary/aromatic N) is 1. The maximum atomic E-state index is 12.8. The third-order valence-corrected chi connectivity index (χ3v) is 10.9. The molecule has 0 aliphatic heterocycles. The van der Waals surface area contributed by atoms with Crippen molar-refractivity contribution in [2.24, 2.45) is 0 Å². The smallest absolute Gasteiger partial charge is 0.361 e. The van der Waals surface area contributed by atoms with Crippen LogP contribution in [-0.4, -0.2) is 87.4 Å². The van der Waals surface area contributed by atoms with E-state index in [4.69, 9.17) is 18.9 Å². The lowest BCUT2D eigenvalue weighted by atomic mass is 10.1. The van der Waals surface area contributed by atoms with Crippen LogP contribution in [-0.2, 0) is 33.3 Å². The van der Waals surface area contributed by atoms with Gasteiger partial charge in [-0.15, -0.1) is 0 Å². The number of carboxylic acid groups (broad SMARTS) is 1. The number of ether oxygens (including phenoxy) is 4. The van der Waals surface area contributed by atoms with Crippen molar-refractivity contribution in [1.82, 2.24) is 0 Å². The van der Waals surface area contributed by atoms with E-state index in [1.54, 1.807) is 0 Å². The number of aliphatic carboxylic acids is 1. The molecule has 2 unspecified atom stereocenters. The summed E-state index contributed by atoms with van der Waals surface area (Å²) in [5, 5.41) is 9.64. The second-order valence-corrected chi connectivity index (χ2v) is 18.8. The van der Waals surface area contributed by atoms with Gasteiger partial charge in [-0.3, -0.25) is 9.59 Å². The topological polar surface area (TPSA) is 108 Å². The lowest BCUT2D eigenvalue weighted by Crippen LogP contribution is -2.40. The summed E-state index contributed by atoms with van der Waals surface area (Å²) < 4.78 is 22.6. The Labute approximate surface area is 439 Å². The molecule has 72 heavy (non-hydrogen) atoms. The zero-order valence-electron chi connectivity index (χ0n) is 45.8. The van der Waals surface area contributed by atoms with Crippen LogP contribution in [0.25, 0.3) is 0 Å². The molecule has 0 aromatic rings. The molecule has 0 spiro atoms. The number of rotatable bonds is 48. The zero-order chi connectivity index (χ0) is 52.7. The molecule has 0 radical (unpaired) electrons. The fourth-order valence-electron chi connectivity index (χ4n) is 6.64. The van der Waals surface area contributed by atoms with Gasteiger partial charge < -0.3 is 28.5 Å². The van der Waals surface area contributed by atoms with E-state index in [-0.39, 0.29) is 38.6 Å². The minimum absolute atomic E-state index is 0.172. The molecule has 0 rings (SSSR count). The number of unbranched alkanes of at least 4 members (excludes halogenated alkanes) is 9. The average Bonchev–Trinajstić information content (AvgIpc) is 3.35. The molecule has 1 N–H and O–H groups in total. The molecule has 9 nitrogen and oxygen atoms in total. The third kappa shape index (κ3) is 53.0. The van der Waals surface area contributed by atoms with E-state index >= 15 is 0 Å². The molecule has 0 amide bonds. The van der Waals surface area contributed by atoms with Crippen LogP contribution in [0, 0.1) is 0 Å². The maximum absolute atomic E-state index is 12.8. The van der Waals surface area contributed by atoms with Gasteiger partial charge in [-0.1, -0.05) is 205 Å². The first-order chi connectivity index (χ1) is 35.1. The monoisotopic (exact) mass is 999 g/mol. The standard InChI is InChI=1S/C63H99NO8/c1-6-8-10-12-14-16-17-18-19-20-21-22-23-24-25-26-27-28-29-30-31-32-33-34-35-36-37-38-39-40-41-42-43-44-45-46-48-50-52-54-61(66)72-59(58-71-63(62(67)68)69-56-55-64(3,4)5)57-70-60(65)53-51-49-47-15-13-11-9-7-2/h8,10,14,16,18-19,21-22,24-25,27-28,30-31,33-34,36-37,39-40,42-43,45-46,59,63H,6-7,9,11-13,15,17,20,23,26,29,32,35,38,41,44,47-58H2,1-5H3/p+1/b10-8-,16-14-,19-18-,22-21-,25-24-,28-27-,31-30-,34-33-,37-36-,40-39-,43-42-,46-45-. The summed E-state index contributed by atoms with van der Waals surface area (Å²) in [6.07, 6.45) is 73.9. The number of carbonyl (C=O) groups excluding carboxylic acids is 2. The molecule has 0 aliphatic carbocycles. The molecule has 2 atom stereocenters. The minimum atomic E-state index is -1.53. The van der Waals surface area contributed by atoms with E-state index in [1.807, 2.05) is 21.1 Å². The van der Waals surface area contributed by atoms with Crippen molar-refractivity contribution in [2.75, 3.05) is 47.5 Å². The summed E-state index contributed by atoms with van der Waals surface area (Å²) in [6, 6.07) is 0. The van der Waals surface area contributed by atoms with Crippen molar-refractivity contribution in [3.8, 4) is 0 Å². The number of quaternary nitrogens is 1. The molecule has 0 bridgehead atoms. The number of hydrogen-bond donors (Lipinski definition) is 1. The Morgan fingerprint density at radius 1 is 0.431 bits per heavy atom. The Kier molecular flexibility index (Phi) is 49.0. The first-order valence-corrected chi connectivity index (χ1v) is 27.5. The van der Waals surface area contributed by atoms with Crippen LogP contribution in [0.15, 0.2) is 146 Å². The predicted molar refractivity (Wildman–Crippen MR) is 304 cm³/mol. The van der Waals surface area contributed by atoms with Crippen molar-refractivity contribution < 1.29 is 42.9 Å². The minimum Gasteiger partial charge on any atom is -0.477 e. The van der Waals surface area contributed by atoms with Crippen molar-refractivity contribution in [2.45, 2.75) is 187 Å². The van der Waals surface area contributed by atoms with Crippen LogP contribution >= 0.6 is 0 Å². The van der Waals surface area contributed by atoms with E-state index < -0.39 is 24.3 Å². The first-order valence-electron chi connectivity index (χ1n) is 27.5. The Morgan fingerprint density at radius 3 is 1.18 bits per heavy atom. The molecule has 0 heterocycles. The van der Waals surface area contributed by atoms with Crippen molar-refractivity contribution >= 4 is 17.9 Å². The average molecular weight is 999 g/mol. The van der Waals surface area contributed by atoms with Gasteiger partial charge in [0.1, 0.15) is 13.2 Å². The molecule has 9 heteroatoms. The second-order valence-electron chi connectivity index (χ2n) is 18.8. The fraction of sp³-hybridized carbons (Fsp3) is 0.571. The van der Waals surface area contributed by atoms with Crippen LogP contribution in [0.4, 0.5) is 0 Å². The summed E-state index contributed by atoms with van der Waals surface area (Å²) >= 11 is 0. The normalized spacial score (nSPS) is 14.0. The van der Waals surface area contributed by atoms with Gasteiger partial charge in [-0.25, -0.2) is 4.79 Å². The Balaban J connectivity index is 4.24. The van der Waals surface area contributed by atoms with Crippen LogP contribution in [0.5, 0.6) is 0 Å².